The average Bonchev–Trinajstić information content (AvgIpc) is 3.17. The Morgan fingerprint density at radius 2 is 1.69 bits per heavy atom. The molecule has 4 rings (SSSR count). The van der Waals surface area contributed by atoms with Crippen LogP contribution in [0.2, 0.25) is 0 Å². The summed E-state index contributed by atoms with van der Waals surface area (Å²) >= 11 is 0. The maximum absolute atomic E-state index is 13.5. The van der Waals surface area contributed by atoms with Crippen molar-refractivity contribution in [2.75, 3.05) is 12.4 Å². The van der Waals surface area contributed by atoms with Gasteiger partial charge in [-0.3, -0.25) is 0 Å². The number of anilines is 2. The summed E-state index contributed by atoms with van der Waals surface area (Å²) in [5, 5.41) is 7.30. The van der Waals surface area contributed by atoms with Crippen LogP contribution in [0.1, 0.15) is 11.4 Å². The van der Waals surface area contributed by atoms with Crippen LogP contribution in [0.5, 0.6) is 0 Å². The van der Waals surface area contributed by atoms with Crippen LogP contribution >= 0.6 is 0 Å². The van der Waals surface area contributed by atoms with Crippen molar-refractivity contribution in [1.29, 1.82) is 0 Å². The normalized spacial score (nSPS) is 12.2. The molecule has 12 heteroatoms. The molecule has 0 aliphatic heterocycles. The van der Waals surface area contributed by atoms with Gasteiger partial charge in [-0.2, -0.15) is 18.3 Å². The highest BCUT2D eigenvalue weighted by Crippen LogP contribution is 2.31. The van der Waals surface area contributed by atoms with Crippen molar-refractivity contribution in [3.05, 3.63) is 72.2 Å². The molecule has 0 bridgehead atoms. The van der Waals surface area contributed by atoms with Gasteiger partial charge in [0.1, 0.15) is 5.82 Å². The fourth-order valence-corrected chi connectivity index (χ4v) is 3.75. The van der Waals surface area contributed by atoms with E-state index in [0.717, 1.165) is 5.56 Å². The Bertz CT molecular complexity index is 1350. The highest BCUT2D eigenvalue weighted by atomic mass is 32.2. The molecule has 2 N–H and O–H groups in total. The van der Waals surface area contributed by atoms with E-state index in [1.54, 1.807) is 0 Å². The zero-order valence-electron chi connectivity index (χ0n) is 16.6. The van der Waals surface area contributed by atoms with Crippen molar-refractivity contribution in [3.63, 3.8) is 0 Å². The molecule has 8 nitrogen and oxygen atoms in total. The summed E-state index contributed by atoms with van der Waals surface area (Å²) in [5.74, 6) is -1.40. The minimum absolute atomic E-state index is 0.0186. The van der Waals surface area contributed by atoms with Gasteiger partial charge in [-0.05, 0) is 36.9 Å². The summed E-state index contributed by atoms with van der Waals surface area (Å²) in [5.41, 5.74) is 1.22. The molecular weight excluding hydrogens is 445 g/mol. The molecule has 0 saturated heterocycles. The van der Waals surface area contributed by atoms with Gasteiger partial charge in [-0.1, -0.05) is 30.3 Å². The number of alkyl halides is 3. The van der Waals surface area contributed by atoms with E-state index in [-0.39, 0.29) is 22.9 Å². The quantitative estimate of drug-likeness (QED) is 0.455. The van der Waals surface area contributed by atoms with Gasteiger partial charge in [0, 0.05) is 5.69 Å². The number of benzene rings is 2. The van der Waals surface area contributed by atoms with E-state index in [1.807, 2.05) is 30.3 Å². The average molecular weight is 462 g/mol. The lowest BCUT2D eigenvalue weighted by molar-refractivity contribution is -0.144. The van der Waals surface area contributed by atoms with Gasteiger partial charge in [-0.25, -0.2) is 27.8 Å². The van der Waals surface area contributed by atoms with Crippen LogP contribution < -0.4 is 10.0 Å². The van der Waals surface area contributed by atoms with Gasteiger partial charge >= 0.3 is 6.18 Å². The van der Waals surface area contributed by atoms with Gasteiger partial charge < -0.3 is 5.32 Å². The molecule has 0 saturated carbocycles. The molecule has 2 aromatic carbocycles. The third kappa shape index (κ3) is 4.41. The number of fused-ring (bicyclic) bond motifs is 1. The number of hydrogen-bond donors (Lipinski definition) is 2. The summed E-state index contributed by atoms with van der Waals surface area (Å²) in [6.45, 7) is 0.231. The zero-order valence-corrected chi connectivity index (χ0v) is 17.4. The maximum Gasteiger partial charge on any atom is 0.451 e. The standard InChI is InChI=1S/C20H17F3N6O2S/c1-24-32(30,31)15-9-7-14(8-10-15)26-17-16-11-25-29(12-13-5-3-2-4-6-13)18(16)28-19(27-17)20(21,22)23/h2-11,24H,12H2,1H3,(H,26,27,28). The number of hydrogen-bond acceptors (Lipinski definition) is 6. The fraction of sp³-hybridized carbons (Fsp3) is 0.150. The third-order valence-electron chi connectivity index (χ3n) is 4.62. The summed E-state index contributed by atoms with van der Waals surface area (Å²) in [4.78, 5) is 7.36. The Balaban J connectivity index is 1.75. The molecule has 0 aliphatic carbocycles. The first-order valence-electron chi connectivity index (χ1n) is 9.33. The maximum atomic E-state index is 13.5. The van der Waals surface area contributed by atoms with Crippen LogP contribution in [0, 0.1) is 0 Å². The lowest BCUT2D eigenvalue weighted by Gasteiger charge is -2.12. The summed E-state index contributed by atoms with van der Waals surface area (Å²) in [7, 11) is -2.36. The Hall–Kier alpha value is -3.51. The van der Waals surface area contributed by atoms with Gasteiger partial charge in [0.15, 0.2) is 5.65 Å². The van der Waals surface area contributed by atoms with Crippen molar-refractivity contribution in [2.45, 2.75) is 17.6 Å². The van der Waals surface area contributed by atoms with Gasteiger partial charge in [0.2, 0.25) is 15.8 Å². The second-order valence-corrected chi connectivity index (χ2v) is 8.66. The molecule has 2 heterocycles. The summed E-state index contributed by atoms with van der Waals surface area (Å²) in [6, 6.07) is 14.7. The van der Waals surface area contributed by atoms with E-state index < -0.39 is 22.0 Å². The van der Waals surface area contributed by atoms with E-state index >= 15 is 0 Å². The van der Waals surface area contributed by atoms with E-state index in [0.29, 0.717) is 11.1 Å². The summed E-state index contributed by atoms with van der Waals surface area (Å²) in [6.07, 6.45) is -3.38. The number of nitrogens with one attached hydrogen (secondary N) is 2. The topological polar surface area (TPSA) is 102 Å². The van der Waals surface area contributed by atoms with Gasteiger partial charge in [-0.15, -0.1) is 0 Å². The monoisotopic (exact) mass is 462 g/mol. The Morgan fingerprint density at radius 1 is 1.00 bits per heavy atom. The second kappa shape index (κ2) is 8.20. The molecule has 0 aliphatic rings. The molecule has 0 amide bonds. The van der Waals surface area contributed by atoms with Crippen molar-refractivity contribution < 1.29 is 21.6 Å². The van der Waals surface area contributed by atoms with Gasteiger partial charge in [0.25, 0.3) is 0 Å². The van der Waals surface area contributed by atoms with Crippen LogP contribution in [-0.4, -0.2) is 35.2 Å². The molecule has 32 heavy (non-hydrogen) atoms. The van der Waals surface area contributed by atoms with Crippen molar-refractivity contribution >= 4 is 32.6 Å². The fourth-order valence-electron chi connectivity index (χ4n) is 3.02. The third-order valence-corrected chi connectivity index (χ3v) is 6.05. The number of rotatable bonds is 6. The predicted molar refractivity (Wildman–Crippen MR) is 112 cm³/mol. The van der Waals surface area contributed by atoms with Crippen LogP contribution in [0.25, 0.3) is 11.0 Å². The SMILES string of the molecule is CNS(=O)(=O)c1ccc(Nc2nc(C(F)(F)F)nc3c2cnn3Cc2ccccc2)cc1. The smallest absolute Gasteiger partial charge is 0.340 e. The molecule has 166 valence electrons. The first-order chi connectivity index (χ1) is 15.2. The Morgan fingerprint density at radius 3 is 2.31 bits per heavy atom. The lowest BCUT2D eigenvalue weighted by atomic mass is 10.2. The first kappa shape index (κ1) is 21.7. The molecule has 0 radical (unpaired) electrons. The largest absolute Gasteiger partial charge is 0.451 e. The molecule has 0 atom stereocenters. The lowest BCUT2D eigenvalue weighted by Crippen LogP contribution is -2.18. The van der Waals surface area contributed by atoms with Crippen molar-refractivity contribution in [1.82, 2.24) is 24.5 Å². The molecule has 2 aromatic heterocycles. The number of halogens is 3. The van der Waals surface area contributed by atoms with Crippen LogP contribution in [0.4, 0.5) is 24.7 Å². The number of nitrogens with zero attached hydrogens (tertiary/aromatic N) is 4. The second-order valence-electron chi connectivity index (χ2n) is 6.78. The minimum atomic E-state index is -4.77. The van der Waals surface area contributed by atoms with E-state index in [4.69, 9.17) is 0 Å². The Kier molecular flexibility index (Phi) is 5.57. The predicted octanol–water partition coefficient (Wildman–Crippen LogP) is 3.55. The minimum Gasteiger partial charge on any atom is -0.340 e. The highest BCUT2D eigenvalue weighted by Gasteiger charge is 2.36. The molecule has 0 unspecified atom stereocenters. The van der Waals surface area contributed by atoms with Crippen molar-refractivity contribution in [3.8, 4) is 0 Å². The number of aromatic nitrogens is 4. The molecule has 0 fully saturated rings. The highest BCUT2D eigenvalue weighted by molar-refractivity contribution is 7.89. The molecule has 0 spiro atoms. The van der Waals surface area contributed by atoms with Crippen molar-refractivity contribution in [2.24, 2.45) is 0 Å². The van der Waals surface area contributed by atoms with E-state index in [2.05, 4.69) is 25.1 Å². The zero-order chi connectivity index (χ0) is 22.9. The van der Waals surface area contributed by atoms with Gasteiger partial charge in [0.05, 0.1) is 23.0 Å². The van der Waals surface area contributed by atoms with Crippen LogP contribution in [-0.2, 0) is 22.7 Å². The Labute approximate surface area is 181 Å². The van der Waals surface area contributed by atoms with E-state index in [1.165, 1.54) is 42.2 Å². The molecule has 4 aromatic rings. The van der Waals surface area contributed by atoms with E-state index in [9.17, 15) is 21.6 Å². The van der Waals surface area contributed by atoms with Crippen LogP contribution in [0.15, 0.2) is 65.7 Å². The first-order valence-corrected chi connectivity index (χ1v) is 10.8. The molecular formula is C20H17F3N6O2S. The summed E-state index contributed by atoms with van der Waals surface area (Å²) < 4.78 is 67.7. The van der Waals surface area contributed by atoms with Crippen LogP contribution in [0.3, 0.4) is 0 Å². The number of sulfonamides is 1.